The number of fused-ring (bicyclic) bond motifs is 2. The second-order valence-electron chi connectivity index (χ2n) is 21.3. The molecule has 0 radical (unpaired) electrons. The minimum Gasteiger partial charge on any atom is -0.488 e. The quantitative estimate of drug-likeness (QED) is 0.0141. The SMILES string of the molecule is C[C@@H](Cc1cc(C#N)c2c(c1)C(OC(=O)C(=O)OC1CN(CCCOC(=O)c3ccccc3)c3c(C#N)cc(C[C@H](C)NCCOc4ccccc4OCC(F)(F)F)cc31)CN2CCCOC(=O)c1ccccc1)NCCOc1ccccc1OCC(F)(F)F. The lowest BCUT2D eigenvalue weighted by molar-refractivity contribution is -0.173. The number of hydrogen-bond acceptors (Lipinski definition) is 18. The van der Waals surface area contributed by atoms with Crippen molar-refractivity contribution in [1.82, 2.24) is 10.6 Å². The Bertz CT molecular complexity index is 3280. The molecule has 6 aromatic carbocycles. The maximum Gasteiger partial charge on any atom is 0.422 e. The molecule has 0 amide bonds. The summed E-state index contributed by atoms with van der Waals surface area (Å²) in [4.78, 5) is 57.5. The second-order valence-corrected chi connectivity index (χ2v) is 21.3. The normalized spacial score (nSPS) is 14.9. The second kappa shape index (κ2) is 31.6. The number of hydrogen-bond donors (Lipinski definition) is 2. The molecular formula is C66H66F6N6O12. The molecule has 2 heterocycles. The molecule has 0 saturated heterocycles. The zero-order valence-corrected chi connectivity index (χ0v) is 49.3. The van der Waals surface area contributed by atoms with Gasteiger partial charge in [-0.1, -0.05) is 60.7 Å². The van der Waals surface area contributed by atoms with Crippen molar-refractivity contribution in [2.45, 2.75) is 76.2 Å². The Balaban J connectivity index is 0.960. The highest BCUT2D eigenvalue weighted by Crippen LogP contribution is 2.43. The molecule has 2 aliphatic heterocycles. The number of carbonyl (C=O) groups is 4. The van der Waals surface area contributed by atoms with Crippen LogP contribution in [0.5, 0.6) is 23.0 Å². The first-order valence-corrected chi connectivity index (χ1v) is 29.0. The maximum absolute atomic E-state index is 14.2. The van der Waals surface area contributed by atoms with E-state index in [9.17, 15) is 56.0 Å². The van der Waals surface area contributed by atoms with Crippen LogP contribution in [0.3, 0.4) is 0 Å². The van der Waals surface area contributed by atoms with Crippen molar-refractivity contribution in [3.63, 3.8) is 0 Å². The number of anilines is 2. The zero-order valence-electron chi connectivity index (χ0n) is 49.3. The third-order valence-corrected chi connectivity index (χ3v) is 14.3. The lowest BCUT2D eigenvalue weighted by atomic mass is 9.98. The zero-order chi connectivity index (χ0) is 64.2. The monoisotopic (exact) mass is 1250 g/mol. The van der Waals surface area contributed by atoms with Gasteiger partial charge < -0.3 is 58.3 Å². The third kappa shape index (κ3) is 19.2. The number of nitriles is 2. The molecule has 0 fully saturated rings. The fraction of sp³-hybridized carbons (Fsp3) is 0.364. The Morgan fingerprint density at radius 3 is 1.23 bits per heavy atom. The van der Waals surface area contributed by atoms with E-state index in [0.29, 0.717) is 70.4 Å². The fourth-order valence-electron chi connectivity index (χ4n) is 10.4. The predicted molar refractivity (Wildman–Crippen MR) is 316 cm³/mol. The van der Waals surface area contributed by atoms with Crippen LogP contribution in [-0.2, 0) is 41.4 Å². The van der Waals surface area contributed by atoms with Crippen LogP contribution in [0.15, 0.2) is 133 Å². The highest BCUT2D eigenvalue weighted by Gasteiger charge is 2.40. The van der Waals surface area contributed by atoms with E-state index in [1.165, 1.54) is 36.4 Å². The van der Waals surface area contributed by atoms with E-state index >= 15 is 0 Å². The number of benzene rings is 6. The largest absolute Gasteiger partial charge is 0.488 e. The van der Waals surface area contributed by atoms with E-state index in [0.717, 1.165) is 0 Å². The first kappa shape index (κ1) is 66.4. The number of alkyl halides is 6. The molecule has 0 bridgehead atoms. The summed E-state index contributed by atoms with van der Waals surface area (Å²) < 4.78 is 122. The summed E-state index contributed by atoms with van der Waals surface area (Å²) in [6.07, 6.45) is -9.99. The molecule has 0 aromatic heterocycles. The smallest absolute Gasteiger partial charge is 0.422 e. The molecule has 18 nitrogen and oxygen atoms in total. The van der Waals surface area contributed by atoms with Gasteiger partial charge in [-0.25, -0.2) is 19.2 Å². The Kier molecular flexibility index (Phi) is 23.3. The van der Waals surface area contributed by atoms with Crippen molar-refractivity contribution in [3.05, 3.63) is 178 Å². The van der Waals surface area contributed by atoms with Crippen LogP contribution >= 0.6 is 0 Å². The molecule has 474 valence electrons. The molecule has 2 aliphatic rings. The third-order valence-electron chi connectivity index (χ3n) is 14.3. The minimum absolute atomic E-state index is 0.00417. The van der Waals surface area contributed by atoms with Gasteiger partial charge in [0.25, 0.3) is 0 Å². The van der Waals surface area contributed by atoms with Gasteiger partial charge in [0.15, 0.2) is 36.2 Å². The van der Waals surface area contributed by atoms with E-state index in [2.05, 4.69) is 22.8 Å². The molecule has 24 heteroatoms. The number of rotatable bonds is 30. The summed E-state index contributed by atoms with van der Waals surface area (Å²) in [5.41, 5.74) is 4.31. The molecule has 2 N–H and O–H groups in total. The van der Waals surface area contributed by atoms with Crippen LogP contribution in [0.2, 0.25) is 0 Å². The Hall–Kier alpha value is -9.52. The number of esters is 4. The lowest BCUT2D eigenvalue weighted by Gasteiger charge is -2.21. The Morgan fingerprint density at radius 2 is 0.878 bits per heavy atom. The summed E-state index contributed by atoms with van der Waals surface area (Å²) in [6, 6.07) is 39.9. The molecule has 2 unspecified atom stereocenters. The summed E-state index contributed by atoms with van der Waals surface area (Å²) in [5, 5.41) is 27.8. The highest BCUT2D eigenvalue weighted by atomic mass is 19.4. The predicted octanol–water partition coefficient (Wildman–Crippen LogP) is 10.5. The summed E-state index contributed by atoms with van der Waals surface area (Å²) >= 11 is 0. The van der Waals surface area contributed by atoms with Crippen LogP contribution in [0.25, 0.3) is 0 Å². The van der Waals surface area contributed by atoms with Gasteiger partial charge in [-0.2, -0.15) is 36.9 Å². The average molecular weight is 1250 g/mol. The highest BCUT2D eigenvalue weighted by molar-refractivity contribution is 6.29. The van der Waals surface area contributed by atoms with Crippen molar-refractivity contribution in [3.8, 4) is 35.1 Å². The number of para-hydroxylation sites is 4. The van der Waals surface area contributed by atoms with E-state index < -0.39 is 61.7 Å². The fourth-order valence-corrected chi connectivity index (χ4v) is 10.4. The number of nitrogens with one attached hydrogen (secondary N) is 2. The van der Waals surface area contributed by atoms with Crippen molar-refractivity contribution in [2.24, 2.45) is 0 Å². The first-order chi connectivity index (χ1) is 43.2. The van der Waals surface area contributed by atoms with Gasteiger partial charge in [0.1, 0.15) is 37.6 Å². The molecule has 0 saturated carbocycles. The van der Waals surface area contributed by atoms with Gasteiger partial charge in [-0.15, -0.1) is 0 Å². The molecule has 8 rings (SSSR count). The van der Waals surface area contributed by atoms with Crippen molar-refractivity contribution < 1.29 is 83.4 Å². The Labute approximate surface area is 516 Å². The van der Waals surface area contributed by atoms with Gasteiger partial charge in [0.05, 0.1) is 59.9 Å². The molecule has 0 aliphatic carbocycles. The van der Waals surface area contributed by atoms with E-state index in [1.807, 2.05) is 23.6 Å². The van der Waals surface area contributed by atoms with E-state index in [4.69, 9.17) is 37.9 Å². The molecule has 4 atom stereocenters. The maximum atomic E-state index is 14.2. The van der Waals surface area contributed by atoms with Gasteiger partial charge >= 0.3 is 36.2 Å². The molecular weight excluding hydrogens is 1180 g/mol. The van der Waals surface area contributed by atoms with Crippen LogP contribution in [0.1, 0.15) is 93.0 Å². The van der Waals surface area contributed by atoms with Gasteiger partial charge in [0.2, 0.25) is 0 Å². The van der Waals surface area contributed by atoms with Gasteiger partial charge in [0, 0.05) is 49.4 Å². The molecule has 90 heavy (non-hydrogen) atoms. The number of ether oxygens (including phenoxy) is 8. The first-order valence-electron chi connectivity index (χ1n) is 29.0. The number of nitrogens with zero attached hydrogens (tertiary/aromatic N) is 4. The van der Waals surface area contributed by atoms with Gasteiger partial charge in [-0.3, -0.25) is 0 Å². The van der Waals surface area contributed by atoms with E-state index in [1.54, 1.807) is 97.1 Å². The van der Waals surface area contributed by atoms with Gasteiger partial charge in [-0.05, 0) is 123 Å². The minimum atomic E-state index is -4.54. The topological polar surface area (TPSA) is 220 Å². The molecule has 6 aromatic rings. The van der Waals surface area contributed by atoms with Crippen molar-refractivity contribution in [1.29, 1.82) is 10.5 Å². The average Bonchev–Trinajstić information content (AvgIpc) is 1.65. The van der Waals surface area contributed by atoms with Crippen molar-refractivity contribution >= 4 is 35.3 Å². The molecule has 0 spiro atoms. The lowest BCUT2D eigenvalue weighted by Crippen LogP contribution is -2.32. The van der Waals surface area contributed by atoms with Crippen LogP contribution in [-0.4, -0.2) is 127 Å². The van der Waals surface area contributed by atoms with E-state index in [-0.39, 0.29) is 112 Å². The number of halogens is 6. The van der Waals surface area contributed by atoms with Crippen LogP contribution in [0, 0.1) is 22.7 Å². The summed E-state index contributed by atoms with van der Waals surface area (Å²) in [5.74, 6) is -3.58. The Morgan fingerprint density at radius 1 is 0.522 bits per heavy atom. The summed E-state index contributed by atoms with van der Waals surface area (Å²) in [7, 11) is 0. The van der Waals surface area contributed by atoms with Crippen molar-refractivity contribution in [2.75, 3.05) is 88.7 Å². The number of carbonyl (C=O) groups excluding carboxylic acids is 4. The van der Waals surface area contributed by atoms with Crippen LogP contribution < -0.4 is 39.4 Å². The summed E-state index contributed by atoms with van der Waals surface area (Å²) in [6.45, 7) is 1.98. The standard InChI is InChI=1S/C66H66F6N6O12/c1-43(75-23-29-83-53-19-9-11-21-55(53)87-41-65(67,68)69)31-45-33-49(37-73)59-51(35-45)57(39-77(59)25-13-27-85-61(79)47-15-5-3-6-16-47)89-63(81)64(82)90-58-40-78(26-14-28-86-62(80)48-17-7-4-8-18-48)60-50(38-74)34-46(36-52(58)60)32-44(2)76-24-30-84-54-20-10-12-22-56(54)88-42-66(70,71)72/h3-12,15-22,33-36,43-44,57-58,75-76H,13-14,23-32,39-42H2,1-2H3/t43-,44-,57?,58?/m0/s1. The van der Waals surface area contributed by atoms with Crippen LogP contribution in [0.4, 0.5) is 37.7 Å².